The van der Waals surface area contributed by atoms with Gasteiger partial charge < -0.3 is 5.73 Å². The van der Waals surface area contributed by atoms with Gasteiger partial charge in [-0.1, -0.05) is 20.8 Å². The molecule has 0 aromatic heterocycles. The van der Waals surface area contributed by atoms with Crippen LogP contribution in [0, 0.1) is 11.8 Å². The Hall–Kier alpha value is 0.310. The summed E-state index contributed by atoms with van der Waals surface area (Å²) in [6.07, 6.45) is 2.59. The predicted octanol–water partition coefficient (Wildman–Crippen LogP) is 2.75. The van der Waals surface area contributed by atoms with Gasteiger partial charge in [-0.25, -0.2) is 0 Å². The number of rotatable bonds is 7. The van der Waals surface area contributed by atoms with Crippen LogP contribution in [0.4, 0.5) is 0 Å². The highest BCUT2D eigenvalue weighted by Crippen LogP contribution is 2.16. The van der Waals surface area contributed by atoms with Crippen molar-refractivity contribution in [1.82, 2.24) is 0 Å². The minimum atomic E-state index is 0.754. The second-order valence-corrected chi connectivity index (χ2v) is 5.11. The van der Waals surface area contributed by atoms with E-state index in [4.69, 9.17) is 5.73 Å². The molecule has 1 nitrogen and oxygen atoms in total. The van der Waals surface area contributed by atoms with Crippen molar-refractivity contribution in [3.05, 3.63) is 0 Å². The fraction of sp³-hybridized carbons (Fsp3) is 1.00. The summed E-state index contributed by atoms with van der Waals surface area (Å²) in [5.41, 5.74) is 5.69. The van der Waals surface area contributed by atoms with E-state index in [-0.39, 0.29) is 0 Å². The first-order chi connectivity index (χ1) is 5.70. The van der Waals surface area contributed by atoms with Gasteiger partial charge in [-0.15, -0.1) is 0 Å². The van der Waals surface area contributed by atoms with E-state index in [2.05, 4.69) is 20.8 Å². The van der Waals surface area contributed by atoms with Gasteiger partial charge in [-0.3, -0.25) is 0 Å². The summed E-state index contributed by atoms with van der Waals surface area (Å²) < 4.78 is 0. The van der Waals surface area contributed by atoms with E-state index in [0.717, 1.165) is 18.4 Å². The molecule has 0 aliphatic rings. The summed E-state index contributed by atoms with van der Waals surface area (Å²) >= 11 is 2.02. The summed E-state index contributed by atoms with van der Waals surface area (Å²) in [6.45, 7) is 7.62. The van der Waals surface area contributed by atoms with Crippen molar-refractivity contribution in [3.63, 3.8) is 0 Å². The molecule has 0 heterocycles. The van der Waals surface area contributed by atoms with E-state index in [1.165, 1.54) is 24.3 Å². The van der Waals surface area contributed by atoms with Gasteiger partial charge in [-0.05, 0) is 42.7 Å². The van der Waals surface area contributed by atoms with Crippen LogP contribution in [-0.4, -0.2) is 18.1 Å². The quantitative estimate of drug-likeness (QED) is 0.623. The van der Waals surface area contributed by atoms with Crippen LogP contribution < -0.4 is 5.73 Å². The van der Waals surface area contributed by atoms with Gasteiger partial charge in [0.1, 0.15) is 0 Å². The lowest BCUT2D eigenvalue weighted by molar-refractivity contribution is 0.409. The highest BCUT2D eigenvalue weighted by molar-refractivity contribution is 7.99. The third-order valence-corrected chi connectivity index (χ3v) is 2.95. The molecule has 1 atom stereocenters. The van der Waals surface area contributed by atoms with Crippen molar-refractivity contribution >= 4 is 11.8 Å². The van der Waals surface area contributed by atoms with Crippen molar-refractivity contribution in [2.75, 3.05) is 18.1 Å². The monoisotopic (exact) mass is 189 g/mol. The van der Waals surface area contributed by atoms with Crippen molar-refractivity contribution in [3.8, 4) is 0 Å². The molecule has 0 rings (SSSR count). The van der Waals surface area contributed by atoms with E-state index in [1.54, 1.807) is 0 Å². The van der Waals surface area contributed by atoms with Crippen LogP contribution in [0.15, 0.2) is 0 Å². The Kier molecular flexibility index (Phi) is 8.14. The van der Waals surface area contributed by atoms with Gasteiger partial charge in [-0.2, -0.15) is 11.8 Å². The second kappa shape index (κ2) is 7.93. The predicted molar refractivity (Wildman–Crippen MR) is 59.6 cm³/mol. The standard InChI is InChI=1S/C10H23NS/c1-4-12-6-5-10(8-11)7-9(2)3/h9-10H,4-8,11H2,1-3H3. The highest BCUT2D eigenvalue weighted by Gasteiger charge is 2.07. The Bertz CT molecular complexity index is 93.8. The number of hydrogen-bond donors (Lipinski definition) is 1. The average molecular weight is 189 g/mol. The molecule has 1 unspecified atom stereocenters. The van der Waals surface area contributed by atoms with Gasteiger partial charge in [0.15, 0.2) is 0 Å². The first-order valence-electron chi connectivity index (χ1n) is 4.98. The number of hydrogen-bond acceptors (Lipinski definition) is 2. The highest BCUT2D eigenvalue weighted by atomic mass is 32.2. The van der Waals surface area contributed by atoms with Crippen LogP contribution in [0.3, 0.4) is 0 Å². The van der Waals surface area contributed by atoms with E-state index < -0.39 is 0 Å². The van der Waals surface area contributed by atoms with Crippen LogP contribution in [0.25, 0.3) is 0 Å². The topological polar surface area (TPSA) is 26.0 Å². The molecule has 0 spiro atoms. The van der Waals surface area contributed by atoms with Crippen molar-refractivity contribution in [1.29, 1.82) is 0 Å². The summed E-state index contributed by atoms with van der Waals surface area (Å²) in [7, 11) is 0. The first-order valence-corrected chi connectivity index (χ1v) is 6.14. The summed E-state index contributed by atoms with van der Waals surface area (Å²) in [5, 5.41) is 0. The minimum Gasteiger partial charge on any atom is -0.330 e. The second-order valence-electron chi connectivity index (χ2n) is 3.72. The zero-order valence-electron chi connectivity index (χ0n) is 8.68. The maximum atomic E-state index is 5.69. The van der Waals surface area contributed by atoms with Crippen molar-refractivity contribution in [2.24, 2.45) is 17.6 Å². The summed E-state index contributed by atoms with van der Waals surface area (Å²) in [6, 6.07) is 0. The maximum absolute atomic E-state index is 5.69. The van der Waals surface area contributed by atoms with Crippen molar-refractivity contribution < 1.29 is 0 Å². The Morgan fingerprint density at radius 1 is 1.33 bits per heavy atom. The smallest absolute Gasteiger partial charge is 0.00485 e. The zero-order valence-corrected chi connectivity index (χ0v) is 9.49. The SMILES string of the molecule is CCSCCC(CN)CC(C)C. The normalized spacial score (nSPS) is 13.8. The fourth-order valence-electron chi connectivity index (χ4n) is 1.39. The van der Waals surface area contributed by atoms with Gasteiger partial charge in [0.2, 0.25) is 0 Å². The third kappa shape index (κ3) is 6.99. The summed E-state index contributed by atoms with van der Waals surface area (Å²) in [4.78, 5) is 0. The van der Waals surface area contributed by atoms with Crippen LogP contribution in [0.1, 0.15) is 33.6 Å². The molecule has 12 heavy (non-hydrogen) atoms. The Labute approximate surface area is 81.5 Å². The van der Waals surface area contributed by atoms with Gasteiger partial charge in [0, 0.05) is 0 Å². The molecule has 74 valence electrons. The molecule has 0 saturated carbocycles. The number of nitrogens with two attached hydrogens (primary N) is 1. The largest absolute Gasteiger partial charge is 0.330 e. The Morgan fingerprint density at radius 2 is 2.00 bits per heavy atom. The van der Waals surface area contributed by atoms with Crippen LogP contribution in [0.2, 0.25) is 0 Å². The lowest BCUT2D eigenvalue weighted by Crippen LogP contribution is -2.17. The van der Waals surface area contributed by atoms with E-state index in [0.29, 0.717) is 0 Å². The lowest BCUT2D eigenvalue weighted by atomic mass is 9.95. The van der Waals surface area contributed by atoms with Gasteiger partial charge in [0.05, 0.1) is 0 Å². The van der Waals surface area contributed by atoms with Crippen LogP contribution in [-0.2, 0) is 0 Å². The molecule has 0 saturated heterocycles. The molecule has 0 aliphatic heterocycles. The fourth-order valence-corrected chi connectivity index (χ4v) is 2.18. The average Bonchev–Trinajstić information content (AvgIpc) is 2.02. The Morgan fingerprint density at radius 3 is 2.42 bits per heavy atom. The maximum Gasteiger partial charge on any atom is -0.00485 e. The van der Waals surface area contributed by atoms with E-state index >= 15 is 0 Å². The molecule has 0 radical (unpaired) electrons. The third-order valence-electron chi connectivity index (χ3n) is 2.01. The molecule has 0 aromatic carbocycles. The molecule has 2 heteroatoms. The lowest BCUT2D eigenvalue weighted by Gasteiger charge is -2.16. The molecule has 0 aromatic rings. The zero-order chi connectivity index (χ0) is 9.40. The first kappa shape index (κ1) is 12.3. The van der Waals surface area contributed by atoms with Crippen molar-refractivity contribution in [2.45, 2.75) is 33.6 Å². The number of thioether (sulfide) groups is 1. The van der Waals surface area contributed by atoms with E-state index in [1.807, 2.05) is 11.8 Å². The molecule has 0 aliphatic carbocycles. The molecule has 0 bridgehead atoms. The summed E-state index contributed by atoms with van der Waals surface area (Å²) in [5.74, 6) is 4.07. The minimum absolute atomic E-state index is 0.754. The van der Waals surface area contributed by atoms with E-state index in [9.17, 15) is 0 Å². The molecule has 2 N–H and O–H groups in total. The molecule has 0 fully saturated rings. The molecular formula is C10H23NS. The molecular weight excluding hydrogens is 166 g/mol. The van der Waals surface area contributed by atoms with Gasteiger partial charge in [0.25, 0.3) is 0 Å². The van der Waals surface area contributed by atoms with Crippen LogP contribution in [0.5, 0.6) is 0 Å². The molecule has 0 amide bonds. The Balaban J connectivity index is 3.39. The van der Waals surface area contributed by atoms with Crippen LogP contribution >= 0.6 is 11.8 Å². The van der Waals surface area contributed by atoms with Gasteiger partial charge >= 0.3 is 0 Å².